The number of carbonyl (C=O) groups is 2. The molecule has 0 saturated carbocycles. The van der Waals surface area contributed by atoms with Gasteiger partial charge in [0.15, 0.2) is 14.4 Å². The Morgan fingerprint density at radius 3 is 2.05 bits per heavy atom. The zero-order chi connectivity index (χ0) is 30.7. The van der Waals surface area contributed by atoms with Crippen LogP contribution in [0.3, 0.4) is 0 Å². The highest BCUT2D eigenvalue weighted by atomic mass is 31.2. The zero-order valence-corrected chi connectivity index (χ0v) is 28.6. The molecular weight excluding hydrogens is 559 g/mol. The number of benzene rings is 1. The van der Waals surface area contributed by atoms with Gasteiger partial charge >= 0.3 is 20.5 Å². The van der Waals surface area contributed by atoms with Gasteiger partial charge in [-0.15, -0.1) is 0 Å². The Balaban J connectivity index is 2.82. The van der Waals surface area contributed by atoms with Crippen molar-refractivity contribution in [2.75, 3.05) is 26.4 Å². The fourth-order valence-electron chi connectivity index (χ4n) is 3.75. The van der Waals surface area contributed by atoms with E-state index >= 15 is 0 Å². The van der Waals surface area contributed by atoms with Crippen LogP contribution in [0.15, 0.2) is 30.3 Å². The molecule has 0 amide bonds. The molecule has 1 unspecified atom stereocenters. The van der Waals surface area contributed by atoms with Gasteiger partial charge in [0.2, 0.25) is 0 Å². The first-order valence-corrected chi connectivity index (χ1v) is 19.2. The summed E-state index contributed by atoms with van der Waals surface area (Å²) in [6.45, 7) is 18.2. The molecule has 0 aliphatic heterocycles. The Morgan fingerprint density at radius 2 is 1.46 bits per heavy atom. The van der Waals surface area contributed by atoms with Gasteiger partial charge in [0.1, 0.15) is 12.4 Å². The van der Waals surface area contributed by atoms with E-state index in [1.807, 2.05) is 30.3 Å². The highest BCUT2D eigenvalue weighted by Gasteiger charge is 2.43. The summed E-state index contributed by atoms with van der Waals surface area (Å²) in [5.74, 6) is 0.453. The minimum Gasteiger partial charge on any atom is -0.462 e. The summed E-state index contributed by atoms with van der Waals surface area (Å²) < 4.78 is 35.5. The molecule has 0 aliphatic carbocycles. The molecule has 0 aromatic heterocycles. The first-order valence-electron chi connectivity index (χ1n) is 15.2. The Kier molecular flexibility index (Phi) is 18.7. The van der Waals surface area contributed by atoms with E-state index in [0.29, 0.717) is 31.1 Å². The van der Waals surface area contributed by atoms with Crippen LogP contribution in [0.5, 0.6) is 5.75 Å². The largest absolute Gasteiger partial charge is 0.462 e. The molecule has 0 fully saturated rings. The lowest BCUT2D eigenvalue weighted by Gasteiger charge is -2.42. The van der Waals surface area contributed by atoms with Gasteiger partial charge in [0, 0.05) is 12.8 Å². The Morgan fingerprint density at radius 1 is 0.854 bits per heavy atom. The molecule has 1 aromatic carbocycles. The monoisotopic (exact) mass is 614 g/mol. The van der Waals surface area contributed by atoms with Gasteiger partial charge in [0.05, 0.1) is 19.8 Å². The third kappa shape index (κ3) is 15.5. The lowest BCUT2D eigenvalue weighted by molar-refractivity contribution is -0.161. The molecule has 0 aliphatic rings. The maximum absolute atomic E-state index is 12.5. The van der Waals surface area contributed by atoms with Crippen LogP contribution >= 0.6 is 8.60 Å². The number of hydrogen-bond donors (Lipinski definition) is 0. The van der Waals surface area contributed by atoms with Crippen LogP contribution in [0.2, 0.25) is 18.1 Å². The Hall–Kier alpha value is -1.51. The van der Waals surface area contributed by atoms with E-state index in [2.05, 4.69) is 54.6 Å². The first-order chi connectivity index (χ1) is 19.4. The zero-order valence-electron chi connectivity index (χ0n) is 26.7. The molecule has 0 heterocycles. The molecule has 8 nitrogen and oxygen atoms in total. The summed E-state index contributed by atoms with van der Waals surface area (Å²) in [4.78, 5) is 24.7. The van der Waals surface area contributed by atoms with E-state index in [4.69, 9.17) is 27.5 Å². The number of ether oxygens (including phenoxy) is 2. The maximum atomic E-state index is 12.5. The highest BCUT2D eigenvalue weighted by Crippen LogP contribution is 2.45. The summed E-state index contributed by atoms with van der Waals surface area (Å²) in [5, 5.41) is 0.0942. The van der Waals surface area contributed by atoms with Crippen molar-refractivity contribution < 1.29 is 37.1 Å². The standard InChI is InChI=1S/C31H55O8PSi/c1-9-11-14-20-29(32)34-24-28(38-30(33)21-15-12-10-2)25-36-40(39-27-18-16-13-17-19-27)35-22-23-37-41(7,8)31(5,6)26(3)4/h13,16-19,26,28H,9-12,14-15,20-25H2,1-8H3/t28-,40?/m1/s1. The fourth-order valence-corrected chi connectivity index (χ4v) is 7.09. The van der Waals surface area contributed by atoms with Crippen molar-refractivity contribution in [3.05, 3.63) is 30.3 Å². The van der Waals surface area contributed by atoms with Crippen molar-refractivity contribution in [3.8, 4) is 5.75 Å². The van der Waals surface area contributed by atoms with Gasteiger partial charge in [0.25, 0.3) is 0 Å². The number of carbonyl (C=O) groups excluding carboxylic acids is 2. The van der Waals surface area contributed by atoms with Gasteiger partial charge in [-0.25, -0.2) is 0 Å². The molecule has 0 saturated heterocycles. The minimum absolute atomic E-state index is 0.0260. The van der Waals surface area contributed by atoms with Gasteiger partial charge in [-0.05, 0) is 49.0 Å². The van der Waals surface area contributed by atoms with E-state index in [0.717, 1.165) is 38.5 Å². The third-order valence-electron chi connectivity index (χ3n) is 7.72. The van der Waals surface area contributed by atoms with Crippen LogP contribution in [-0.4, -0.2) is 52.8 Å². The van der Waals surface area contributed by atoms with Crippen LogP contribution < -0.4 is 4.52 Å². The maximum Gasteiger partial charge on any atom is 0.397 e. The molecule has 0 bridgehead atoms. The SMILES string of the molecule is CCCCCC(=O)OC[C@H](COP(OCCO[Si](C)(C)C(C)(C)C(C)C)Oc1ccccc1)OC(=O)CCCCC. The van der Waals surface area contributed by atoms with Crippen LogP contribution in [0.4, 0.5) is 0 Å². The molecule has 1 aromatic rings. The second kappa shape index (κ2) is 20.4. The normalized spacial score (nSPS) is 13.6. The minimum atomic E-state index is -2.00. The van der Waals surface area contributed by atoms with Crippen molar-refractivity contribution in [2.24, 2.45) is 5.92 Å². The highest BCUT2D eigenvalue weighted by molar-refractivity contribution is 7.42. The molecule has 0 N–H and O–H groups in total. The van der Waals surface area contributed by atoms with Crippen molar-refractivity contribution in [3.63, 3.8) is 0 Å². The lowest BCUT2D eigenvalue weighted by Crippen LogP contribution is -2.45. The predicted octanol–water partition coefficient (Wildman–Crippen LogP) is 8.60. The van der Waals surface area contributed by atoms with E-state index in [1.54, 1.807) is 0 Å². The molecular formula is C31H55O8PSi. The summed E-state index contributed by atoms with van der Waals surface area (Å²) in [5.41, 5.74) is 0. The smallest absolute Gasteiger partial charge is 0.397 e. The summed E-state index contributed by atoms with van der Waals surface area (Å²) in [6.07, 6.45) is 5.34. The van der Waals surface area contributed by atoms with Crippen LogP contribution in [-0.2, 0) is 32.5 Å². The van der Waals surface area contributed by atoms with Crippen LogP contribution in [0.25, 0.3) is 0 Å². The quantitative estimate of drug-likeness (QED) is 0.0524. The Bertz CT molecular complexity index is 850. The van der Waals surface area contributed by atoms with Gasteiger partial charge in [-0.1, -0.05) is 85.4 Å². The van der Waals surface area contributed by atoms with Crippen molar-refractivity contribution in [1.29, 1.82) is 0 Å². The van der Waals surface area contributed by atoms with Crippen molar-refractivity contribution in [2.45, 2.75) is 117 Å². The number of hydrogen-bond acceptors (Lipinski definition) is 8. The van der Waals surface area contributed by atoms with Crippen LogP contribution in [0.1, 0.15) is 92.9 Å². The second-order valence-corrected chi connectivity index (χ2v) is 17.4. The van der Waals surface area contributed by atoms with Gasteiger partial charge < -0.3 is 22.9 Å². The Labute approximate surface area is 251 Å². The molecule has 41 heavy (non-hydrogen) atoms. The number of unbranched alkanes of at least 4 members (excludes halogenated alkanes) is 4. The molecule has 1 rings (SSSR count). The molecule has 10 heteroatoms. The summed E-state index contributed by atoms with van der Waals surface area (Å²) >= 11 is 0. The molecule has 0 radical (unpaired) electrons. The average Bonchev–Trinajstić information content (AvgIpc) is 2.92. The predicted molar refractivity (Wildman–Crippen MR) is 167 cm³/mol. The number of para-hydroxylation sites is 1. The summed E-state index contributed by atoms with van der Waals surface area (Å²) in [7, 11) is -3.83. The first kappa shape index (κ1) is 37.5. The van der Waals surface area contributed by atoms with Crippen molar-refractivity contribution in [1.82, 2.24) is 0 Å². The van der Waals surface area contributed by atoms with E-state index in [9.17, 15) is 9.59 Å². The van der Waals surface area contributed by atoms with Crippen molar-refractivity contribution >= 4 is 28.9 Å². The average molecular weight is 615 g/mol. The summed E-state index contributed by atoms with van der Waals surface area (Å²) in [6, 6.07) is 9.28. The van der Waals surface area contributed by atoms with Crippen LogP contribution in [0, 0.1) is 5.92 Å². The molecule has 0 spiro atoms. The second-order valence-electron chi connectivity index (χ2n) is 11.7. The molecule has 236 valence electrons. The molecule has 2 atom stereocenters. The number of rotatable bonds is 23. The topological polar surface area (TPSA) is 89.5 Å². The third-order valence-corrected chi connectivity index (χ3v) is 13.4. The fraction of sp³-hybridized carbons (Fsp3) is 0.742. The van der Waals surface area contributed by atoms with Gasteiger partial charge in [-0.3, -0.25) is 14.1 Å². The van der Waals surface area contributed by atoms with E-state index < -0.39 is 23.0 Å². The lowest BCUT2D eigenvalue weighted by atomic mass is 9.99. The van der Waals surface area contributed by atoms with E-state index in [-0.39, 0.29) is 36.8 Å². The number of esters is 2. The van der Waals surface area contributed by atoms with Gasteiger partial charge in [-0.2, -0.15) is 0 Å². The van der Waals surface area contributed by atoms with E-state index in [1.165, 1.54) is 0 Å².